The van der Waals surface area contributed by atoms with Crippen LogP contribution in [0.25, 0.3) is 0 Å². The molecule has 1 fully saturated rings. The summed E-state index contributed by atoms with van der Waals surface area (Å²) in [4.78, 5) is 23.0. The molecule has 0 aliphatic carbocycles. The zero-order valence-corrected chi connectivity index (χ0v) is 14.6. The fourth-order valence-electron chi connectivity index (χ4n) is 2.71. The first-order valence-corrected chi connectivity index (χ1v) is 8.72. The molecule has 1 aliphatic rings. The van der Waals surface area contributed by atoms with Crippen LogP contribution in [-0.2, 0) is 0 Å². The highest BCUT2D eigenvalue weighted by atomic mass is 35.5. The van der Waals surface area contributed by atoms with Gasteiger partial charge in [0.25, 0.3) is 5.91 Å². The van der Waals surface area contributed by atoms with Crippen LogP contribution < -0.4 is 10.2 Å². The van der Waals surface area contributed by atoms with E-state index in [1.807, 2.05) is 0 Å². The average Bonchev–Trinajstić information content (AvgIpc) is 2.88. The Morgan fingerprint density at radius 1 is 1.00 bits per heavy atom. The van der Waals surface area contributed by atoms with E-state index in [2.05, 4.69) is 20.2 Å². The Balaban J connectivity index is 1.74. The molecule has 1 N–H and O–H groups in total. The Bertz CT molecular complexity index is 730. The van der Waals surface area contributed by atoms with E-state index in [9.17, 15) is 4.79 Å². The van der Waals surface area contributed by atoms with Crippen molar-refractivity contribution in [1.82, 2.24) is 9.97 Å². The molecular weight excluding hydrogens is 347 g/mol. The summed E-state index contributed by atoms with van der Waals surface area (Å²) >= 11 is 11.9. The van der Waals surface area contributed by atoms with Gasteiger partial charge in [-0.15, -0.1) is 0 Å². The van der Waals surface area contributed by atoms with Gasteiger partial charge in [-0.05, 0) is 31.0 Å². The second kappa shape index (κ2) is 7.81. The average molecular weight is 365 g/mol. The number of rotatable bonds is 3. The van der Waals surface area contributed by atoms with Crippen molar-refractivity contribution < 1.29 is 4.79 Å². The van der Waals surface area contributed by atoms with Gasteiger partial charge < -0.3 is 10.2 Å². The molecule has 2 aromatic rings. The molecule has 5 nitrogen and oxygen atoms in total. The van der Waals surface area contributed by atoms with Gasteiger partial charge in [-0.3, -0.25) is 4.79 Å². The number of anilines is 2. The van der Waals surface area contributed by atoms with Crippen LogP contribution in [0, 0.1) is 0 Å². The van der Waals surface area contributed by atoms with Gasteiger partial charge in [0.05, 0.1) is 10.0 Å². The summed E-state index contributed by atoms with van der Waals surface area (Å²) < 4.78 is 0. The monoisotopic (exact) mass is 364 g/mol. The molecule has 0 atom stereocenters. The van der Waals surface area contributed by atoms with Gasteiger partial charge in [0.1, 0.15) is 17.8 Å². The molecule has 126 valence electrons. The predicted octanol–water partition coefficient (Wildman–Crippen LogP) is 4.42. The highest BCUT2D eigenvalue weighted by molar-refractivity contribution is 6.42. The summed E-state index contributed by atoms with van der Waals surface area (Å²) in [5, 5.41) is 3.61. The molecule has 0 spiro atoms. The molecule has 2 heterocycles. The summed E-state index contributed by atoms with van der Waals surface area (Å²) in [7, 11) is 0. The van der Waals surface area contributed by atoms with Gasteiger partial charge in [0.15, 0.2) is 0 Å². The Morgan fingerprint density at radius 3 is 2.46 bits per heavy atom. The fraction of sp³-hybridized carbons (Fsp3) is 0.353. The Labute approximate surface area is 151 Å². The van der Waals surface area contributed by atoms with Gasteiger partial charge in [0, 0.05) is 24.8 Å². The van der Waals surface area contributed by atoms with Crippen LogP contribution in [0.5, 0.6) is 0 Å². The largest absolute Gasteiger partial charge is 0.357 e. The van der Waals surface area contributed by atoms with Crippen molar-refractivity contribution in [2.75, 3.05) is 23.3 Å². The predicted molar refractivity (Wildman–Crippen MR) is 97.1 cm³/mol. The maximum Gasteiger partial charge on any atom is 0.274 e. The lowest BCUT2D eigenvalue weighted by molar-refractivity contribution is 0.102. The zero-order valence-electron chi connectivity index (χ0n) is 13.1. The van der Waals surface area contributed by atoms with Crippen molar-refractivity contribution >= 4 is 40.6 Å². The Morgan fingerprint density at radius 2 is 1.75 bits per heavy atom. The molecule has 0 unspecified atom stereocenters. The first-order chi connectivity index (χ1) is 11.6. The molecule has 1 aliphatic heterocycles. The first-order valence-electron chi connectivity index (χ1n) is 7.97. The minimum Gasteiger partial charge on any atom is -0.357 e. The third-order valence-electron chi connectivity index (χ3n) is 3.99. The molecule has 0 bridgehead atoms. The summed E-state index contributed by atoms with van der Waals surface area (Å²) in [5.74, 6) is 0.498. The van der Waals surface area contributed by atoms with Crippen LogP contribution >= 0.6 is 23.2 Å². The smallest absolute Gasteiger partial charge is 0.274 e. The number of nitrogens with zero attached hydrogens (tertiary/aromatic N) is 3. The molecule has 24 heavy (non-hydrogen) atoms. The summed E-state index contributed by atoms with van der Waals surface area (Å²) in [6, 6.07) is 6.68. The number of benzene rings is 1. The van der Waals surface area contributed by atoms with E-state index in [-0.39, 0.29) is 5.91 Å². The third-order valence-corrected chi connectivity index (χ3v) is 4.73. The number of aromatic nitrogens is 2. The molecule has 0 radical (unpaired) electrons. The zero-order chi connectivity index (χ0) is 16.9. The Kier molecular flexibility index (Phi) is 5.53. The van der Waals surface area contributed by atoms with Gasteiger partial charge >= 0.3 is 0 Å². The number of amides is 1. The van der Waals surface area contributed by atoms with Gasteiger partial charge in [-0.1, -0.05) is 36.0 Å². The summed E-state index contributed by atoms with van der Waals surface area (Å²) in [5.41, 5.74) is 0.902. The first kappa shape index (κ1) is 17.0. The van der Waals surface area contributed by atoms with E-state index < -0.39 is 0 Å². The van der Waals surface area contributed by atoms with Gasteiger partial charge in [-0.25, -0.2) is 9.97 Å². The van der Waals surface area contributed by atoms with Crippen LogP contribution in [0.2, 0.25) is 10.0 Å². The van der Waals surface area contributed by atoms with E-state index >= 15 is 0 Å². The SMILES string of the molecule is O=C(Nc1ccc(Cl)c(Cl)c1)c1cc(N2CCCCCC2)ncn1. The Hall–Kier alpha value is -1.85. The second-order valence-electron chi connectivity index (χ2n) is 5.75. The number of carbonyl (C=O) groups excluding carboxylic acids is 1. The van der Waals surface area contributed by atoms with E-state index in [4.69, 9.17) is 23.2 Å². The van der Waals surface area contributed by atoms with Crippen molar-refractivity contribution in [3.05, 3.63) is 46.3 Å². The highest BCUT2D eigenvalue weighted by Crippen LogP contribution is 2.25. The number of carbonyl (C=O) groups is 1. The summed E-state index contributed by atoms with van der Waals surface area (Å²) in [6.45, 7) is 1.93. The molecule has 1 aromatic carbocycles. The molecule has 1 saturated heterocycles. The molecular formula is C17H18Cl2N4O. The molecule has 3 rings (SSSR count). The third kappa shape index (κ3) is 4.16. The lowest BCUT2D eigenvalue weighted by Gasteiger charge is -2.21. The van der Waals surface area contributed by atoms with E-state index in [1.54, 1.807) is 24.3 Å². The number of hydrogen-bond donors (Lipinski definition) is 1. The van der Waals surface area contributed by atoms with Crippen LogP contribution in [-0.4, -0.2) is 29.0 Å². The summed E-state index contributed by atoms with van der Waals surface area (Å²) in [6.07, 6.45) is 6.21. The lowest BCUT2D eigenvalue weighted by atomic mass is 10.2. The van der Waals surface area contributed by atoms with Crippen molar-refractivity contribution in [2.24, 2.45) is 0 Å². The minimum absolute atomic E-state index is 0.299. The normalized spacial score (nSPS) is 15.0. The van der Waals surface area contributed by atoms with Crippen molar-refractivity contribution in [3.8, 4) is 0 Å². The lowest BCUT2D eigenvalue weighted by Crippen LogP contribution is -2.25. The van der Waals surface area contributed by atoms with Crippen molar-refractivity contribution in [1.29, 1.82) is 0 Å². The molecule has 7 heteroatoms. The topological polar surface area (TPSA) is 58.1 Å². The second-order valence-corrected chi connectivity index (χ2v) is 6.56. The number of nitrogens with one attached hydrogen (secondary N) is 1. The van der Waals surface area contributed by atoms with Gasteiger partial charge in [-0.2, -0.15) is 0 Å². The van der Waals surface area contributed by atoms with E-state index in [1.165, 1.54) is 19.2 Å². The minimum atomic E-state index is -0.299. The van der Waals surface area contributed by atoms with Crippen molar-refractivity contribution in [2.45, 2.75) is 25.7 Å². The van der Waals surface area contributed by atoms with E-state index in [0.717, 1.165) is 31.7 Å². The van der Waals surface area contributed by atoms with Gasteiger partial charge in [0.2, 0.25) is 0 Å². The maximum atomic E-state index is 12.4. The van der Waals surface area contributed by atoms with Crippen LogP contribution in [0.4, 0.5) is 11.5 Å². The van der Waals surface area contributed by atoms with E-state index in [0.29, 0.717) is 21.4 Å². The van der Waals surface area contributed by atoms with Crippen LogP contribution in [0.15, 0.2) is 30.6 Å². The van der Waals surface area contributed by atoms with Crippen molar-refractivity contribution in [3.63, 3.8) is 0 Å². The number of hydrogen-bond acceptors (Lipinski definition) is 4. The standard InChI is InChI=1S/C17H18Cl2N4O/c18-13-6-5-12(9-14(13)19)22-17(24)15-10-16(21-11-20-15)23-7-3-1-2-4-8-23/h5-6,9-11H,1-4,7-8H2,(H,22,24). The number of halogens is 2. The molecule has 1 aromatic heterocycles. The van der Waals surface area contributed by atoms with Crippen LogP contribution in [0.1, 0.15) is 36.2 Å². The highest BCUT2D eigenvalue weighted by Gasteiger charge is 2.15. The molecule has 1 amide bonds. The maximum absolute atomic E-state index is 12.4. The molecule has 0 saturated carbocycles. The fourth-order valence-corrected chi connectivity index (χ4v) is 3.01. The van der Waals surface area contributed by atoms with Crippen LogP contribution in [0.3, 0.4) is 0 Å². The quantitative estimate of drug-likeness (QED) is 0.875.